The number of fused-ring (bicyclic) bond motifs is 3. The molecule has 3 atom stereocenters. The molecule has 7 nitrogen and oxygen atoms in total. The zero-order valence-corrected chi connectivity index (χ0v) is 20.9. The van der Waals surface area contributed by atoms with E-state index in [4.69, 9.17) is 9.47 Å². The highest BCUT2D eigenvalue weighted by atomic mass is 32.2. The minimum absolute atomic E-state index is 0.0393. The first-order valence-electron chi connectivity index (χ1n) is 11.7. The van der Waals surface area contributed by atoms with Gasteiger partial charge in [-0.2, -0.15) is 4.31 Å². The molecule has 0 aromatic heterocycles. The lowest BCUT2D eigenvalue weighted by atomic mass is 9.81. The zero-order chi connectivity index (χ0) is 24.7. The molecule has 35 heavy (non-hydrogen) atoms. The van der Waals surface area contributed by atoms with Crippen LogP contribution < -0.4 is 14.4 Å². The number of aliphatic hydroxyl groups is 1. The molecule has 0 bridgehead atoms. The minimum Gasteiger partial charge on any atom is -0.497 e. The van der Waals surface area contributed by atoms with E-state index in [-0.39, 0.29) is 29.5 Å². The molecule has 1 fully saturated rings. The van der Waals surface area contributed by atoms with Crippen LogP contribution in [0.3, 0.4) is 0 Å². The third kappa shape index (κ3) is 3.86. The second-order valence-electron chi connectivity index (χ2n) is 9.03. The van der Waals surface area contributed by atoms with Gasteiger partial charge in [0.15, 0.2) is 0 Å². The summed E-state index contributed by atoms with van der Waals surface area (Å²) < 4.78 is 40.3. The molecule has 8 heteroatoms. The molecule has 2 aliphatic rings. The summed E-state index contributed by atoms with van der Waals surface area (Å²) in [7, 11) is 1.25. The molecule has 3 aromatic carbocycles. The Bertz CT molecular complexity index is 1340. The Labute approximate surface area is 206 Å². The minimum atomic E-state index is -3.84. The highest BCUT2D eigenvalue weighted by molar-refractivity contribution is 7.89. The smallest absolute Gasteiger partial charge is 0.247 e. The lowest BCUT2D eigenvalue weighted by Crippen LogP contribution is -2.48. The number of anilines is 1. The van der Waals surface area contributed by atoms with Crippen molar-refractivity contribution in [1.29, 1.82) is 0 Å². The van der Waals surface area contributed by atoms with Gasteiger partial charge in [-0.05, 0) is 59.5 Å². The van der Waals surface area contributed by atoms with Crippen LogP contribution in [-0.2, 0) is 10.0 Å². The van der Waals surface area contributed by atoms with Crippen LogP contribution >= 0.6 is 0 Å². The first kappa shape index (κ1) is 23.7. The highest BCUT2D eigenvalue weighted by Gasteiger charge is 2.50. The van der Waals surface area contributed by atoms with E-state index in [0.717, 1.165) is 28.1 Å². The predicted octanol–water partition coefficient (Wildman–Crippen LogP) is 3.93. The number of aliphatic hydroxyl groups excluding tert-OH is 1. The van der Waals surface area contributed by atoms with Gasteiger partial charge in [-0.25, -0.2) is 8.42 Å². The maximum Gasteiger partial charge on any atom is 0.247 e. The molecule has 3 aromatic rings. The molecular weight excluding hydrogens is 464 g/mol. The number of sulfonamides is 1. The van der Waals surface area contributed by atoms with Gasteiger partial charge in [0.25, 0.3) is 0 Å². The number of ether oxygens (including phenoxy) is 2. The fraction of sp³-hybridized carbons (Fsp3) is 0.333. The third-order valence-electron chi connectivity index (χ3n) is 7.36. The van der Waals surface area contributed by atoms with Crippen LogP contribution in [0, 0.1) is 5.92 Å². The Morgan fingerprint density at radius 3 is 2.49 bits per heavy atom. The molecule has 1 saturated heterocycles. The van der Waals surface area contributed by atoms with Gasteiger partial charge in [0.2, 0.25) is 10.0 Å². The third-order valence-corrected chi connectivity index (χ3v) is 9.28. The summed E-state index contributed by atoms with van der Waals surface area (Å²) in [5.41, 5.74) is 3.85. The van der Waals surface area contributed by atoms with Gasteiger partial charge >= 0.3 is 0 Å². The molecule has 184 valence electrons. The van der Waals surface area contributed by atoms with Crippen LogP contribution in [0.1, 0.15) is 18.0 Å². The number of nitrogens with zero attached hydrogens (tertiary/aromatic N) is 2. The summed E-state index contributed by atoms with van der Waals surface area (Å²) in [4.78, 5) is 2.25. The standard InChI is InChI=1S/C27H30N2O5S/c1-28-23-12-11-19(18-7-6-8-20(15-18)33-2)16-22(23)27-21(24(28)17-30)13-14-29(27)35(31,32)26-10-5-4-9-25(26)34-3/h4-12,15-16,21,24,27,30H,13-14,17H2,1-3H3/t21-,24+,27-/m0/s1. The fourth-order valence-corrected chi connectivity index (χ4v) is 7.45. The van der Waals surface area contributed by atoms with Gasteiger partial charge in [-0.15, -0.1) is 0 Å². The lowest BCUT2D eigenvalue weighted by molar-refractivity contribution is 0.193. The second-order valence-corrected chi connectivity index (χ2v) is 10.9. The van der Waals surface area contributed by atoms with E-state index in [0.29, 0.717) is 18.7 Å². The first-order chi connectivity index (χ1) is 16.9. The molecule has 0 amide bonds. The number of rotatable bonds is 6. The van der Waals surface area contributed by atoms with Gasteiger partial charge in [0, 0.05) is 25.2 Å². The number of likely N-dealkylation sites (N-methyl/N-ethyl adjacent to an activating group) is 1. The van der Waals surface area contributed by atoms with Gasteiger partial charge < -0.3 is 19.5 Å². The number of para-hydroxylation sites is 1. The van der Waals surface area contributed by atoms with Crippen molar-refractivity contribution in [3.8, 4) is 22.6 Å². The predicted molar refractivity (Wildman–Crippen MR) is 135 cm³/mol. The molecule has 0 unspecified atom stereocenters. The van der Waals surface area contributed by atoms with Gasteiger partial charge in [-0.3, -0.25) is 0 Å². The van der Waals surface area contributed by atoms with Crippen LogP contribution in [0.25, 0.3) is 11.1 Å². The number of benzene rings is 3. The SMILES string of the molecule is COc1cccc(-c2ccc3c(c2)[C@@H]2[C@@H](CCN2S(=O)(=O)c2ccccc2OC)[C@@H](CO)N3C)c1. The summed E-state index contributed by atoms with van der Waals surface area (Å²) in [6.45, 7) is 0.334. The lowest BCUT2D eigenvalue weighted by Gasteiger charge is -2.44. The van der Waals surface area contributed by atoms with Gasteiger partial charge in [-0.1, -0.05) is 30.3 Å². The summed E-state index contributed by atoms with van der Waals surface area (Å²) in [6.07, 6.45) is 0.664. The average molecular weight is 495 g/mol. The largest absolute Gasteiger partial charge is 0.497 e. The molecule has 2 aliphatic heterocycles. The van der Waals surface area contributed by atoms with E-state index in [2.05, 4.69) is 11.0 Å². The van der Waals surface area contributed by atoms with Crippen molar-refractivity contribution < 1.29 is 23.0 Å². The van der Waals surface area contributed by atoms with Crippen molar-refractivity contribution in [3.63, 3.8) is 0 Å². The molecule has 0 spiro atoms. The summed E-state index contributed by atoms with van der Waals surface area (Å²) in [5, 5.41) is 10.3. The normalized spacial score (nSPS) is 21.9. The van der Waals surface area contributed by atoms with Crippen LogP contribution in [0.4, 0.5) is 5.69 Å². The fourth-order valence-electron chi connectivity index (χ4n) is 5.62. The van der Waals surface area contributed by atoms with Crippen molar-refractivity contribution in [2.24, 2.45) is 5.92 Å². The van der Waals surface area contributed by atoms with Crippen LogP contribution in [0.15, 0.2) is 71.6 Å². The Morgan fingerprint density at radius 2 is 1.74 bits per heavy atom. The van der Waals surface area contributed by atoms with E-state index < -0.39 is 10.0 Å². The average Bonchev–Trinajstić information content (AvgIpc) is 3.35. The highest BCUT2D eigenvalue weighted by Crippen LogP contribution is 2.51. The Balaban J connectivity index is 1.65. The Hall–Kier alpha value is -3.07. The van der Waals surface area contributed by atoms with E-state index in [1.807, 2.05) is 43.4 Å². The number of methoxy groups -OCH3 is 2. The van der Waals surface area contributed by atoms with E-state index in [9.17, 15) is 13.5 Å². The molecule has 5 rings (SSSR count). The molecule has 1 N–H and O–H groups in total. The van der Waals surface area contributed by atoms with Crippen molar-refractivity contribution in [2.45, 2.75) is 23.4 Å². The van der Waals surface area contributed by atoms with Crippen LogP contribution in [0.2, 0.25) is 0 Å². The zero-order valence-electron chi connectivity index (χ0n) is 20.1. The second kappa shape index (κ2) is 9.18. The van der Waals surface area contributed by atoms with Crippen molar-refractivity contribution in [1.82, 2.24) is 4.31 Å². The van der Waals surface area contributed by atoms with E-state index in [1.165, 1.54) is 7.11 Å². The molecule has 2 heterocycles. The maximum atomic E-state index is 13.9. The quantitative estimate of drug-likeness (QED) is 0.559. The molecule has 0 radical (unpaired) electrons. The maximum absolute atomic E-state index is 13.9. The van der Waals surface area contributed by atoms with E-state index in [1.54, 1.807) is 35.7 Å². The summed E-state index contributed by atoms with van der Waals surface area (Å²) >= 11 is 0. The van der Waals surface area contributed by atoms with Crippen LogP contribution in [0.5, 0.6) is 11.5 Å². The van der Waals surface area contributed by atoms with Crippen molar-refractivity contribution in [3.05, 3.63) is 72.3 Å². The van der Waals surface area contributed by atoms with Gasteiger partial charge in [0.1, 0.15) is 16.4 Å². The van der Waals surface area contributed by atoms with Crippen LogP contribution in [-0.4, -0.2) is 58.3 Å². The topological polar surface area (TPSA) is 79.3 Å². The summed E-state index contributed by atoms with van der Waals surface area (Å²) in [6, 6.07) is 20.1. The van der Waals surface area contributed by atoms with Crippen molar-refractivity contribution in [2.75, 3.05) is 39.3 Å². The summed E-state index contributed by atoms with van der Waals surface area (Å²) in [5.74, 6) is 1.05. The Kier molecular flexibility index (Phi) is 6.21. The molecule has 0 aliphatic carbocycles. The first-order valence-corrected chi connectivity index (χ1v) is 13.1. The van der Waals surface area contributed by atoms with E-state index >= 15 is 0 Å². The monoisotopic (exact) mass is 494 g/mol. The Morgan fingerprint density at radius 1 is 0.971 bits per heavy atom. The number of hydrogen-bond acceptors (Lipinski definition) is 6. The van der Waals surface area contributed by atoms with Crippen molar-refractivity contribution >= 4 is 15.7 Å². The molecule has 0 saturated carbocycles. The molecular formula is C27H30N2O5S. The number of hydrogen-bond donors (Lipinski definition) is 1. The van der Waals surface area contributed by atoms with Gasteiger partial charge in [0.05, 0.1) is 32.9 Å².